The fraction of sp³-hybridized carbons (Fsp3) is 0.967. The number of hydrogen-bond acceptors (Lipinski definition) is 5. The van der Waals surface area contributed by atoms with Crippen LogP contribution in [0.3, 0.4) is 0 Å². The summed E-state index contributed by atoms with van der Waals surface area (Å²) in [5.74, 6) is 0.201. The standard InChI is InChI=1S/C30H50O5/c1-19(2)22(31)13-14-27(8)23-11-10-21(4)28(27,34-23)16-15-26(7)20(3)9-12-24-29(26)17-18-30(32,35-29)25(5,6)33-24/h19-21,23-24,32H,9-18H2,1-8H3/t20-,21?,23?,24-,26?,27?,28?,29?,30?/m0/s1. The minimum absolute atomic E-state index is 0.0212. The van der Waals surface area contributed by atoms with Gasteiger partial charge < -0.3 is 19.3 Å². The minimum Gasteiger partial charge on any atom is -0.370 e. The third kappa shape index (κ3) is 3.29. The number of Topliss-reactive ketones (excluding diaryl/α,β-unsaturated/α-hetero) is 1. The van der Waals surface area contributed by atoms with Crippen LogP contribution in [0, 0.1) is 28.6 Å². The van der Waals surface area contributed by atoms with Crippen LogP contribution < -0.4 is 0 Å². The van der Waals surface area contributed by atoms with Crippen molar-refractivity contribution in [3.8, 4) is 0 Å². The molecule has 1 spiro atoms. The van der Waals surface area contributed by atoms with Crippen LogP contribution in [0.5, 0.6) is 0 Å². The number of ether oxygens (including phenoxy) is 3. The quantitative estimate of drug-likeness (QED) is 0.460. The summed E-state index contributed by atoms with van der Waals surface area (Å²) in [4.78, 5) is 12.6. The Labute approximate surface area is 213 Å². The van der Waals surface area contributed by atoms with Gasteiger partial charge in [0.15, 0.2) is 5.79 Å². The van der Waals surface area contributed by atoms with Crippen molar-refractivity contribution >= 4 is 5.78 Å². The second-order valence-electron chi connectivity index (χ2n) is 14.3. The molecule has 6 rings (SSSR count). The van der Waals surface area contributed by atoms with Gasteiger partial charge in [0.05, 0.1) is 17.8 Å². The van der Waals surface area contributed by atoms with Crippen LogP contribution in [0.1, 0.15) is 120 Å². The van der Waals surface area contributed by atoms with Gasteiger partial charge in [-0.3, -0.25) is 4.79 Å². The smallest absolute Gasteiger partial charge is 0.195 e. The van der Waals surface area contributed by atoms with Crippen molar-refractivity contribution in [3.63, 3.8) is 0 Å². The molecule has 0 amide bonds. The van der Waals surface area contributed by atoms with E-state index in [-0.39, 0.29) is 34.6 Å². The van der Waals surface area contributed by atoms with Gasteiger partial charge in [0.25, 0.3) is 0 Å². The first-order valence-corrected chi connectivity index (χ1v) is 14.5. The summed E-state index contributed by atoms with van der Waals surface area (Å²) in [5, 5.41) is 11.5. The Hall–Kier alpha value is -0.490. The Morgan fingerprint density at radius 1 is 0.857 bits per heavy atom. The normalized spacial score (nSPS) is 52.2. The zero-order valence-corrected chi connectivity index (χ0v) is 23.5. The molecule has 2 aliphatic carbocycles. The first-order chi connectivity index (χ1) is 16.2. The van der Waals surface area contributed by atoms with E-state index in [4.69, 9.17) is 14.2 Å². The summed E-state index contributed by atoms with van der Waals surface area (Å²) in [6.07, 6.45) is 9.75. The average Bonchev–Trinajstić information content (AvgIpc) is 3.14. The van der Waals surface area contributed by atoms with Gasteiger partial charge in [0, 0.05) is 29.6 Å². The van der Waals surface area contributed by atoms with E-state index in [1.165, 1.54) is 6.42 Å². The van der Waals surface area contributed by atoms with Crippen molar-refractivity contribution in [1.29, 1.82) is 0 Å². The molecule has 5 nitrogen and oxygen atoms in total. The fourth-order valence-electron chi connectivity index (χ4n) is 9.11. The first kappa shape index (κ1) is 26.1. The van der Waals surface area contributed by atoms with Crippen LogP contribution >= 0.6 is 0 Å². The largest absolute Gasteiger partial charge is 0.370 e. The van der Waals surface area contributed by atoms with Crippen LogP contribution in [0.25, 0.3) is 0 Å². The van der Waals surface area contributed by atoms with Crippen molar-refractivity contribution in [2.75, 3.05) is 0 Å². The number of aliphatic hydroxyl groups is 1. The van der Waals surface area contributed by atoms with E-state index >= 15 is 0 Å². The highest BCUT2D eigenvalue weighted by Gasteiger charge is 2.74. The third-order valence-corrected chi connectivity index (χ3v) is 12.2. The summed E-state index contributed by atoms with van der Waals surface area (Å²) >= 11 is 0. The molecule has 1 N–H and O–H groups in total. The molecule has 35 heavy (non-hydrogen) atoms. The number of rotatable bonds is 7. The molecular weight excluding hydrogens is 440 g/mol. The molecule has 4 bridgehead atoms. The molecule has 4 heterocycles. The summed E-state index contributed by atoms with van der Waals surface area (Å²) in [5.41, 5.74) is -1.38. The molecular formula is C30H50O5. The monoisotopic (exact) mass is 490 g/mol. The van der Waals surface area contributed by atoms with Gasteiger partial charge in [-0.25, -0.2) is 0 Å². The van der Waals surface area contributed by atoms with Crippen LogP contribution in [-0.2, 0) is 19.0 Å². The highest BCUT2D eigenvalue weighted by molar-refractivity contribution is 5.80. The summed E-state index contributed by atoms with van der Waals surface area (Å²) < 4.78 is 20.2. The maximum absolute atomic E-state index is 12.6. The van der Waals surface area contributed by atoms with E-state index in [0.29, 0.717) is 30.5 Å². The van der Waals surface area contributed by atoms with Gasteiger partial charge in [0.2, 0.25) is 0 Å². The van der Waals surface area contributed by atoms with Gasteiger partial charge in [-0.05, 0) is 77.0 Å². The van der Waals surface area contributed by atoms with Gasteiger partial charge in [0.1, 0.15) is 17.0 Å². The molecule has 200 valence electrons. The molecule has 6 aliphatic rings. The number of hydrogen-bond donors (Lipinski definition) is 1. The zero-order valence-electron chi connectivity index (χ0n) is 23.5. The Morgan fingerprint density at radius 3 is 2.17 bits per heavy atom. The predicted octanol–water partition coefficient (Wildman–Crippen LogP) is 6.20. The Bertz CT molecular complexity index is 869. The molecule has 2 saturated carbocycles. The SMILES string of the molecule is CC(C)C(=O)CCC1(C)C2CCC(C)C1(CCC1(C)[C@@H](C)CC[C@@H]3OC(C)(C)C4(O)CCC31O4)O2. The molecule has 0 aromatic carbocycles. The van der Waals surface area contributed by atoms with E-state index in [1.807, 2.05) is 27.7 Å². The second kappa shape index (κ2) is 8.01. The van der Waals surface area contributed by atoms with Crippen molar-refractivity contribution in [2.24, 2.45) is 28.6 Å². The lowest BCUT2D eigenvalue weighted by Crippen LogP contribution is -2.74. The molecule has 7 unspecified atom stereocenters. The van der Waals surface area contributed by atoms with Crippen LogP contribution in [0.15, 0.2) is 0 Å². The van der Waals surface area contributed by atoms with E-state index < -0.39 is 17.0 Å². The maximum Gasteiger partial charge on any atom is 0.195 e. The topological polar surface area (TPSA) is 65.0 Å². The van der Waals surface area contributed by atoms with E-state index in [0.717, 1.165) is 44.9 Å². The highest BCUT2D eigenvalue weighted by atomic mass is 16.7. The van der Waals surface area contributed by atoms with E-state index in [2.05, 4.69) is 27.7 Å². The minimum atomic E-state index is -1.22. The van der Waals surface area contributed by atoms with Crippen molar-refractivity contribution < 1.29 is 24.1 Å². The number of carbonyl (C=O) groups is 1. The Kier molecular flexibility index (Phi) is 5.98. The lowest BCUT2D eigenvalue weighted by atomic mass is 9.48. The summed E-state index contributed by atoms with van der Waals surface area (Å²) in [6.45, 7) is 17.5. The molecule has 4 saturated heterocycles. The van der Waals surface area contributed by atoms with Gasteiger partial charge in [-0.1, -0.05) is 41.5 Å². The van der Waals surface area contributed by atoms with Gasteiger partial charge in [-0.15, -0.1) is 0 Å². The van der Waals surface area contributed by atoms with E-state index in [9.17, 15) is 9.90 Å². The molecule has 0 radical (unpaired) electrons. The predicted molar refractivity (Wildman–Crippen MR) is 136 cm³/mol. The van der Waals surface area contributed by atoms with Crippen LogP contribution in [0.4, 0.5) is 0 Å². The Morgan fingerprint density at radius 2 is 1.51 bits per heavy atom. The van der Waals surface area contributed by atoms with E-state index in [1.54, 1.807) is 0 Å². The lowest BCUT2D eigenvalue weighted by molar-refractivity contribution is -0.412. The molecule has 0 aromatic heterocycles. The van der Waals surface area contributed by atoms with Gasteiger partial charge in [-0.2, -0.15) is 0 Å². The molecule has 0 aromatic rings. The van der Waals surface area contributed by atoms with Crippen molar-refractivity contribution in [2.45, 2.75) is 154 Å². The second-order valence-corrected chi connectivity index (χ2v) is 14.3. The van der Waals surface area contributed by atoms with Crippen molar-refractivity contribution in [1.82, 2.24) is 0 Å². The molecule has 4 aliphatic heterocycles. The first-order valence-electron chi connectivity index (χ1n) is 14.5. The molecule has 5 heteroatoms. The van der Waals surface area contributed by atoms with Crippen molar-refractivity contribution in [3.05, 3.63) is 0 Å². The third-order valence-electron chi connectivity index (χ3n) is 12.2. The molecule has 6 fully saturated rings. The number of ketones is 1. The zero-order chi connectivity index (χ0) is 25.7. The summed E-state index contributed by atoms with van der Waals surface area (Å²) in [7, 11) is 0. The fourth-order valence-corrected chi connectivity index (χ4v) is 9.11. The average molecular weight is 491 g/mol. The molecule has 9 atom stereocenters. The van der Waals surface area contributed by atoms with Gasteiger partial charge >= 0.3 is 0 Å². The lowest BCUT2D eigenvalue weighted by Gasteiger charge is -2.70. The van der Waals surface area contributed by atoms with Crippen LogP contribution in [0.2, 0.25) is 0 Å². The number of fused-ring (bicyclic) bond motifs is 3. The summed E-state index contributed by atoms with van der Waals surface area (Å²) in [6, 6.07) is 0. The number of carbonyl (C=O) groups excluding carboxylic acids is 1. The van der Waals surface area contributed by atoms with Crippen LogP contribution in [-0.4, -0.2) is 45.7 Å². The highest BCUT2D eigenvalue weighted by Crippen LogP contribution is 2.68. The Balaban J connectivity index is 1.41. The maximum atomic E-state index is 12.6.